The molecule has 0 bridgehead atoms. The van der Waals surface area contributed by atoms with E-state index in [4.69, 9.17) is 9.47 Å². The molecule has 0 saturated heterocycles. The van der Waals surface area contributed by atoms with Crippen LogP contribution in [0.5, 0.6) is 11.5 Å². The molecule has 2 aliphatic heterocycles. The van der Waals surface area contributed by atoms with E-state index in [1.54, 1.807) is 0 Å². The highest BCUT2D eigenvalue weighted by atomic mass is 79.9. The third-order valence-corrected chi connectivity index (χ3v) is 4.83. The maximum Gasteiger partial charge on any atom is 0.231 e. The Bertz CT molecular complexity index is 804. The van der Waals surface area contributed by atoms with Crippen molar-refractivity contribution < 1.29 is 31.0 Å². The maximum absolute atomic E-state index is 5.50. The van der Waals surface area contributed by atoms with Crippen LogP contribution in [0.15, 0.2) is 36.4 Å². The van der Waals surface area contributed by atoms with Crippen molar-refractivity contribution in [1.29, 1.82) is 0 Å². The molecule has 0 amide bonds. The van der Waals surface area contributed by atoms with Crippen molar-refractivity contribution in [1.82, 2.24) is 0 Å². The number of hydrogen-bond donors (Lipinski definition) is 0. The van der Waals surface area contributed by atoms with Gasteiger partial charge in [0.2, 0.25) is 6.79 Å². The van der Waals surface area contributed by atoms with Crippen LogP contribution in [0.25, 0.3) is 0 Å². The summed E-state index contributed by atoms with van der Waals surface area (Å²) in [4.78, 5) is 0. The predicted octanol–water partition coefficient (Wildman–Crippen LogP) is 0.904. The lowest BCUT2D eigenvalue weighted by atomic mass is 9.87. The number of ether oxygens (including phenoxy) is 2. The Morgan fingerprint density at radius 1 is 1.00 bits per heavy atom. The van der Waals surface area contributed by atoms with Crippen molar-refractivity contribution in [3.8, 4) is 11.5 Å². The molecule has 0 spiro atoms. The lowest BCUT2D eigenvalue weighted by molar-refractivity contribution is -0.540. The van der Waals surface area contributed by atoms with Crippen LogP contribution in [-0.4, -0.2) is 24.1 Å². The second kappa shape index (κ2) is 6.83. The molecular formula is C21H24BrNO2. The summed E-state index contributed by atoms with van der Waals surface area (Å²) in [6.45, 7) is 9.07. The SMILES string of the molecule is CC(C)(C)c1ccc(C[N+]2=Cc3cc4c(cc3CC2)OCO4)cc1.[Br-]. The van der Waals surface area contributed by atoms with Crippen molar-refractivity contribution in [2.75, 3.05) is 13.3 Å². The van der Waals surface area contributed by atoms with Gasteiger partial charge in [-0.05, 0) is 28.7 Å². The Balaban J connectivity index is 0.00000182. The van der Waals surface area contributed by atoms with Gasteiger partial charge in [0.15, 0.2) is 24.3 Å². The van der Waals surface area contributed by atoms with E-state index in [1.165, 1.54) is 22.3 Å². The zero-order chi connectivity index (χ0) is 16.7. The molecular weight excluding hydrogens is 378 g/mol. The van der Waals surface area contributed by atoms with E-state index in [-0.39, 0.29) is 22.4 Å². The molecule has 2 aliphatic rings. The van der Waals surface area contributed by atoms with Crippen molar-refractivity contribution in [2.45, 2.75) is 39.2 Å². The molecule has 25 heavy (non-hydrogen) atoms. The number of halogens is 1. The van der Waals surface area contributed by atoms with Gasteiger partial charge in [-0.15, -0.1) is 0 Å². The number of fused-ring (bicyclic) bond motifs is 2. The molecule has 3 nitrogen and oxygen atoms in total. The highest BCUT2D eigenvalue weighted by Crippen LogP contribution is 2.35. The fourth-order valence-electron chi connectivity index (χ4n) is 3.33. The van der Waals surface area contributed by atoms with Crippen LogP contribution >= 0.6 is 0 Å². The first kappa shape index (κ1) is 18.0. The van der Waals surface area contributed by atoms with E-state index < -0.39 is 0 Å². The quantitative estimate of drug-likeness (QED) is 0.697. The minimum absolute atomic E-state index is 0. The van der Waals surface area contributed by atoms with Crippen LogP contribution in [0.4, 0.5) is 0 Å². The highest BCUT2D eigenvalue weighted by molar-refractivity contribution is 5.80. The van der Waals surface area contributed by atoms with Crippen LogP contribution in [0.1, 0.15) is 43.0 Å². The molecule has 0 N–H and O–H groups in total. The van der Waals surface area contributed by atoms with Gasteiger partial charge in [-0.3, -0.25) is 0 Å². The first-order valence-electron chi connectivity index (χ1n) is 8.60. The molecule has 0 radical (unpaired) electrons. The topological polar surface area (TPSA) is 21.5 Å². The van der Waals surface area contributed by atoms with Gasteiger partial charge in [0.1, 0.15) is 6.54 Å². The molecule has 0 unspecified atom stereocenters. The second-order valence-corrected chi connectivity index (χ2v) is 7.70. The minimum Gasteiger partial charge on any atom is -1.00 e. The van der Waals surface area contributed by atoms with E-state index in [1.807, 2.05) is 0 Å². The molecule has 132 valence electrons. The lowest BCUT2D eigenvalue weighted by Gasteiger charge is -2.19. The molecule has 2 aromatic carbocycles. The molecule has 0 atom stereocenters. The average Bonchev–Trinajstić information content (AvgIpc) is 2.99. The molecule has 0 fully saturated rings. The number of rotatable bonds is 2. The monoisotopic (exact) mass is 401 g/mol. The van der Waals surface area contributed by atoms with Crippen LogP contribution in [0, 0.1) is 0 Å². The molecule has 4 heteroatoms. The molecule has 2 aromatic rings. The third kappa shape index (κ3) is 3.74. The van der Waals surface area contributed by atoms with Gasteiger partial charge in [0.05, 0.1) is 0 Å². The van der Waals surface area contributed by atoms with E-state index in [0.717, 1.165) is 31.0 Å². The van der Waals surface area contributed by atoms with Gasteiger partial charge in [-0.25, -0.2) is 4.58 Å². The van der Waals surface area contributed by atoms with Gasteiger partial charge in [0.25, 0.3) is 0 Å². The zero-order valence-corrected chi connectivity index (χ0v) is 16.6. The summed E-state index contributed by atoms with van der Waals surface area (Å²) in [5, 5.41) is 0. The Morgan fingerprint density at radius 2 is 1.68 bits per heavy atom. The second-order valence-electron chi connectivity index (χ2n) is 7.70. The summed E-state index contributed by atoms with van der Waals surface area (Å²) < 4.78 is 13.4. The third-order valence-electron chi connectivity index (χ3n) is 4.83. The zero-order valence-electron chi connectivity index (χ0n) is 15.0. The number of nitrogens with zero attached hydrogens (tertiary/aromatic N) is 1. The van der Waals surface area contributed by atoms with Gasteiger partial charge < -0.3 is 26.5 Å². The Hall–Kier alpha value is -1.81. The predicted molar refractivity (Wildman–Crippen MR) is 95.4 cm³/mol. The summed E-state index contributed by atoms with van der Waals surface area (Å²) >= 11 is 0. The van der Waals surface area contributed by atoms with Crippen molar-refractivity contribution in [3.63, 3.8) is 0 Å². The van der Waals surface area contributed by atoms with Gasteiger partial charge in [-0.1, -0.05) is 45.0 Å². The maximum atomic E-state index is 5.50. The lowest BCUT2D eigenvalue weighted by Crippen LogP contribution is -3.00. The summed E-state index contributed by atoms with van der Waals surface area (Å²) in [6, 6.07) is 13.2. The molecule has 4 rings (SSSR count). The highest BCUT2D eigenvalue weighted by Gasteiger charge is 2.22. The van der Waals surface area contributed by atoms with Gasteiger partial charge >= 0.3 is 0 Å². The first-order chi connectivity index (χ1) is 11.5. The minimum atomic E-state index is 0. The smallest absolute Gasteiger partial charge is 0.231 e. The normalized spacial score (nSPS) is 15.2. The van der Waals surface area contributed by atoms with Crippen LogP contribution in [0.3, 0.4) is 0 Å². The number of hydrogen-bond acceptors (Lipinski definition) is 2. The summed E-state index contributed by atoms with van der Waals surface area (Å²) in [6.07, 6.45) is 3.29. The molecule has 2 heterocycles. The van der Waals surface area contributed by atoms with E-state index >= 15 is 0 Å². The molecule has 0 aliphatic carbocycles. The average molecular weight is 402 g/mol. The van der Waals surface area contributed by atoms with E-state index in [0.29, 0.717) is 6.79 Å². The van der Waals surface area contributed by atoms with Crippen molar-refractivity contribution in [2.24, 2.45) is 0 Å². The Morgan fingerprint density at radius 3 is 2.36 bits per heavy atom. The van der Waals surface area contributed by atoms with Crippen LogP contribution in [0.2, 0.25) is 0 Å². The van der Waals surface area contributed by atoms with Crippen molar-refractivity contribution in [3.05, 3.63) is 58.7 Å². The summed E-state index contributed by atoms with van der Waals surface area (Å²) in [7, 11) is 0. The summed E-state index contributed by atoms with van der Waals surface area (Å²) in [5.74, 6) is 1.75. The van der Waals surface area contributed by atoms with Gasteiger partial charge in [-0.2, -0.15) is 0 Å². The molecule has 0 aromatic heterocycles. The van der Waals surface area contributed by atoms with Crippen molar-refractivity contribution >= 4 is 6.21 Å². The first-order valence-corrected chi connectivity index (χ1v) is 8.60. The largest absolute Gasteiger partial charge is 1.00 e. The summed E-state index contributed by atoms with van der Waals surface area (Å²) in [5.41, 5.74) is 5.53. The van der Waals surface area contributed by atoms with Crippen LogP contribution in [-0.2, 0) is 18.4 Å². The number of benzene rings is 2. The van der Waals surface area contributed by atoms with E-state index in [9.17, 15) is 0 Å². The van der Waals surface area contributed by atoms with Gasteiger partial charge in [0, 0.05) is 17.5 Å². The fourth-order valence-corrected chi connectivity index (χ4v) is 3.33. The Kier molecular flexibility index (Phi) is 4.92. The van der Waals surface area contributed by atoms with E-state index in [2.05, 4.69) is 68.0 Å². The Labute approximate surface area is 160 Å². The fraction of sp³-hybridized carbons (Fsp3) is 0.381. The molecule has 0 saturated carbocycles. The standard InChI is InChI=1S/C21H24NO2.BrH/c1-21(2,3)18-6-4-15(5-7-18)12-22-9-8-16-10-19-20(24-14-23-19)11-17(16)13-22;/h4-7,10-11,13H,8-9,12,14H2,1-3H3;1H/q+1;/p-1. The van der Waals surface area contributed by atoms with Crippen LogP contribution < -0.4 is 26.5 Å².